The Kier molecular flexibility index (Phi) is 2.63. The molecule has 2 aromatic rings. The molecule has 0 aliphatic rings. The van der Waals surface area contributed by atoms with E-state index in [-0.39, 0.29) is 0 Å². The number of hydrogen-bond acceptors (Lipinski definition) is 1. The maximum absolute atomic E-state index is 6.24. The summed E-state index contributed by atoms with van der Waals surface area (Å²) in [6.07, 6.45) is 0.990. The van der Waals surface area contributed by atoms with Gasteiger partial charge >= 0.3 is 0 Å². The molecule has 0 spiro atoms. The van der Waals surface area contributed by atoms with Crippen LogP contribution in [0.5, 0.6) is 0 Å². The van der Waals surface area contributed by atoms with Crippen molar-refractivity contribution in [1.82, 2.24) is 0 Å². The first kappa shape index (κ1) is 9.50. The van der Waals surface area contributed by atoms with Crippen molar-refractivity contribution in [3.05, 3.63) is 32.6 Å². The lowest BCUT2D eigenvalue weighted by atomic mass is 10.1. The van der Waals surface area contributed by atoms with Gasteiger partial charge in [0.25, 0.3) is 0 Å². The minimum absolute atomic E-state index is 0.913. The second kappa shape index (κ2) is 3.60. The number of fused-ring (bicyclic) bond motifs is 1. The summed E-state index contributed by atoms with van der Waals surface area (Å²) in [5, 5.41) is 2.13. The number of benzene rings is 1. The fourth-order valence-corrected chi connectivity index (χ4v) is 3.35. The van der Waals surface area contributed by atoms with Crippen molar-refractivity contribution in [3.8, 4) is 0 Å². The van der Waals surface area contributed by atoms with Crippen LogP contribution >= 0.6 is 38.9 Å². The van der Waals surface area contributed by atoms with Crippen LogP contribution in [0.1, 0.15) is 12.5 Å². The molecule has 0 unspecified atom stereocenters. The molecular formula is C10H8BrClS. The predicted molar refractivity (Wildman–Crippen MR) is 63.9 cm³/mol. The van der Waals surface area contributed by atoms with Crippen molar-refractivity contribution < 1.29 is 0 Å². The maximum Gasteiger partial charge on any atom is 0.0711 e. The summed E-state index contributed by atoms with van der Waals surface area (Å²) in [7, 11) is 0. The Morgan fingerprint density at radius 3 is 2.92 bits per heavy atom. The largest absolute Gasteiger partial charge is 0.127 e. The molecule has 0 saturated heterocycles. The van der Waals surface area contributed by atoms with E-state index in [1.807, 2.05) is 0 Å². The normalized spacial score (nSPS) is 11.0. The van der Waals surface area contributed by atoms with E-state index in [1.165, 1.54) is 15.6 Å². The van der Waals surface area contributed by atoms with Gasteiger partial charge in [-0.1, -0.05) is 30.7 Å². The zero-order chi connectivity index (χ0) is 9.42. The molecule has 68 valence electrons. The van der Waals surface area contributed by atoms with Gasteiger partial charge in [-0.3, -0.25) is 0 Å². The lowest BCUT2D eigenvalue weighted by molar-refractivity contribution is 1.15. The Balaban J connectivity index is 2.78. The van der Waals surface area contributed by atoms with Crippen molar-refractivity contribution in [2.75, 3.05) is 0 Å². The smallest absolute Gasteiger partial charge is 0.0711 e. The molecule has 0 atom stereocenters. The average molecular weight is 276 g/mol. The molecule has 13 heavy (non-hydrogen) atoms. The van der Waals surface area contributed by atoms with E-state index in [2.05, 4.69) is 41.1 Å². The molecule has 0 aliphatic heterocycles. The SMILES string of the molecule is CCc1ccc2cc(Br)sc2c1Cl. The third kappa shape index (κ3) is 1.63. The van der Waals surface area contributed by atoms with Gasteiger partial charge in [0.2, 0.25) is 0 Å². The van der Waals surface area contributed by atoms with Crippen LogP contribution in [0.2, 0.25) is 5.02 Å². The van der Waals surface area contributed by atoms with Crippen molar-refractivity contribution in [1.29, 1.82) is 0 Å². The van der Waals surface area contributed by atoms with Crippen molar-refractivity contribution >= 4 is 49.0 Å². The zero-order valence-electron chi connectivity index (χ0n) is 7.10. The Hall–Kier alpha value is -0.0500. The quantitative estimate of drug-likeness (QED) is 0.696. The number of rotatable bonds is 1. The van der Waals surface area contributed by atoms with Crippen LogP contribution in [0.4, 0.5) is 0 Å². The number of aryl methyl sites for hydroxylation is 1. The molecule has 0 fully saturated rings. The summed E-state index contributed by atoms with van der Waals surface area (Å²) in [4.78, 5) is 0. The maximum atomic E-state index is 6.24. The summed E-state index contributed by atoms with van der Waals surface area (Å²) in [6, 6.07) is 6.33. The van der Waals surface area contributed by atoms with Crippen LogP contribution in [0.3, 0.4) is 0 Å². The predicted octanol–water partition coefficient (Wildman–Crippen LogP) is 4.88. The van der Waals surface area contributed by atoms with Gasteiger partial charge in [-0.25, -0.2) is 0 Å². The highest BCUT2D eigenvalue weighted by molar-refractivity contribution is 9.11. The van der Waals surface area contributed by atoms with Gasteiger partial charge in [0.1, 0.15) is 0 Å². The standard InChI is InChI=1S/C10H8BrClS/c1-2-6-3-4-7-5-8(11)13-10(7)9(6)12/h3-5H,2H2,1H3. The third-order valence-electron chi connectivity index (χ3n) is 2.06. The topological polar surface area (TPSA) is 0 Å². The highest BCUT2D eigenvalue weighted by atomic mass is 79.9. The van der Waals surface area contributed by atoms with Gasteiger partial charge in [0.05, 0.1) is 13.5 Å². The van der Waals surface area contributed by atoms with Gasteiger partial charge in [0.15, 0.2) is 0 Å². The summed E-state index contributed by atoms with van der Waals surface area (Å²) in [5.74, 6) is 0. The second-order valence-corrected chi connectivity index (χ2v) is 5.67. The molecule has 0 nitrogen and oxygen atoms in total. The summed E-state index contributed by atoms with van der Waals surface area (Å²) < 4.78 is 2.32. The molecule has 2 rings (SSSR count). The Morgan fingerprint density at radius 1 is 1.46 bits per heavy atom. The molecule has 1 aromatic heterocycles. The molecule has 1 aromatic carbocycles. The van der Waals surface area contributed by atoms with Crippen LogP contribution in [0.25, 0.3) is 10.1 Å². The van der Waals surface area contributed by atoms with Crippen LogP contribution in [-0.4, -0.2) is 0 Å². The van der Waals surface area contributed by atoms with Crippen molar-refractivity contribution in [2.24, 2.45) is 0 Å². The van der Waals surface area contributed by atoms with Gasteiger partial charge in [-0.15, -0.1) is 11.3 Å². The van der Waals surface area contributed by atoms with Crippen LogP contribution in [0, 0.1) is 0 Å². The van der Waals surface area contributed by atoms with Gasteiger partial charge in [-0.05, 0) is 39.4 Å². The first-order valence-electron chi connectivity index (χ1n) is 4.08. The van der Waals surface area contributed by atoms with E-state index in [4.69, 9.17) is 11.6 Å². The molecule has 3 heteroatoms. The fraction of sp³-hybridized carbons (Fsp3) is 0.200. The van der Waals surface area contributed by atoms with Crippen LogP contribution in [0.15, 0.2) is 22.0 Å². The van der Waals surface area contributed by atoms with E-state index in [0.717, 1.165) is 15.2 Å². The van der Waals surface area contributed by atoms with E-state index in [1.54, 1.807) is 11.3 Å². The third-order valence-corrected chi connectivity index (χ3v) is 4.27. The average Bonchev–Trinajstić information content (AvgIpc) is 2.47. The monoisotopic (exact) mass is 274 g/mol. The molecule has 0 N–H and O–H groups in total. The van der Waals surface area contributed by atoms with Gasteiger partial charge < -0.3 is 0 Å². The Labute approximate surface area is 94.7 Å². The van der Waals surface area contributed by atoms with Crippen LogP contribution in [-0.2, 0) is 6.42 Å². The van der Waals surface area contributed by atoms with Crippen LogP contribution < -0.4 is 0 Å². The lowest BCUT2D eigenvalue weighted by Crippen LogP contribution is -1.80. The first-order chi connectivity index (χ1) is 6.22. The van der Waals surface area contributed by atoms with Crippen molar-refractivity contribution in [2.45, 2.75) is 13.3 Å². The minimum atomic E-state index is 0.913. The van der Waals surface area contributed by atoms with Gasteiger partial charge in [0, 0.05) is 0 Å². The summed E-state index contributed by atoms with van der Waals surface area (Å²) in [5.41, 5.74) is 1.23. The number of thiophene rings is 1. The molecule has 0 aliphatic carbocycles. The van der Waals surface area contributed by atoms with Crippen molar-refractivity contribution in [3.63, 3.8) is 0 Å². The molecule has 0 radical (unpaired) electrons. The molecule has 1 heterocycles. The highest BCUT2D eigenvalue weighted by Crippen LogP contribution is 2.36. The second-order valence-electron chi connectivity index (χ2n) is 2.86. The molecular weight excluding hydrogens is 268 g/mol. The van der Waals surface area contributed by atoms with E-state index in [0.29, 0.717) is 0 Å². The van der Waals surface area contributed by atoms with E-state index >= 15 is 0 Å². The number of halogens is 2. The zero-order valence-corrected chi connectivity index (χ0v) is 10.3. The Morgan fingerprint density at radius 2 is 2.23 bits per heavy atom. The molecule has 0 bridgehead atoms. The number of hydrogen-bond donors (Lipinski definition) is 0. The molecule has 0 saturated carbocycles. The Bertz CT molecular complexity index is 447. The summed E-state index contributed by atoms with van der Waals surface area (Å²) >= 11 is 11.4. The molecule has 0 amide bonds. The fourth-order valence-electron chi connectivity index (χ4n) is 1.35. The summed E-state index contributed by atoms with van der Waals surface area (Å²) in [6.45, 7) is 2.12. The van der Waals surface area contributed by atoms with E-state index < -0.39 is 0 Å². The minimum Gasteiger partial charge on any atom is -0.127 e. The first-order valence-corrected chi connectivity index (χ1v) is 6.07. The highest BCUT2D eigenvalue weighted by Gasteiger charge is 2.06. The van der Waals surface area contributed by atoms with E-state index in [9.17, 15) is 0 Å². The van der Waals surface area contributed by atoms with Gasteiger partial charge in [-0.2, -0.15) is 0 Å². The lowest BCUT2D eigenvalue weighted by Gasteiger charge is -2.00.